The molecule has 3 amide bonds. The smallest absolute Gasteiger partial charge is 0.319 e. The van der Waals surface area contributed by atoms with Crippen LogP contribution in [0.5, 0.6) is 5.75 Å². The highest BCUT2D eigenvalue weighted by Crippen LogP contribution is 2.37. The zero-order valence-corrected chi connectivity index (χ0v) is 15.2. The lowest BCUT2D eigenvalue weighted by molar-refractivity contribution is -0.127. The van der Waals surface area contributed by atoms with Crippen molar-refractivity contribution in [1.29, 1.82) is 0 Å². The zero-order valence-electron chi connectivity index (χ0n) is 15.2. The van der Waals surface area contributed by atoms with Crippen molar-refractivity contribution in [2.45, 2.75) is 20.4 Å². The maximum Gasteiger partial charge on any atom is 0.319 e. The maximum atomic E-state index is 12.5. The van der Waals surface area contributed by atoms with Crippen LogP contribution < -0.4 is 20.3 Å². The van der Waals surface area contributed by atoms with Crippen LogP contribution >= 0.6 is 0 Å². The van der Waals surface area contributed by atoms with Crippen LogP contribution in [0, 0.1) is 5.41 Å². The monoisotopic (exact) mass is 353 g/mol. The number of benzene rings is 2. The molecule has 2 N–H and O–H groups in total. The van der Waals surface area contributed by atoms with Gasteiger partial charge in [0, 0.05) is 25.3 Å². The molecule has 0 saturated heterocycles. The van der Waals surface area contributed by atoms with Crippen molar-refractivity contribution in [2.24, 2.45) is 5.41 Å². The van der Waals surface area contributed by atoms with Crippen LogP contribution in [0.4, 0.5) is 16.2 Å². The van der Waals surface area contributed by atoms with E-state index in [0.29, 0.717) is 23.7 Å². The van der Waals surface area contributed by atoms with Crippen LogP contribution in [0.1, 0.15) is 19.4 Å². The molecule has 0 unspecified atom stereocenters. The number of urea groups is 1. The summed E-state index contributed by atoms with van der Waals surface area (Å²) in [5.74, 6) is 0.574. The summed E-state index contributed by atoms with van der Waals surface area (Å²) in [5.41, 5.74) is 1.72. The van der Waals surface area contributed by atoms with Gasteiger partial charge in [0.05, 0.1) is 11.1 Å². The molecule has 2 aromatic rings. The normalized spacial score (nSPS) is 15.5. The second-order valence-corrected chi connectivity index (χ2v) is 7.01. The van der Waals surface area contributed by atoms with Gasteiger partial charge in [-0.2, -0.15) is 0 Å². The molecule has 0 atom stereocenters. The highest BCUT2D eigenvalue weighted by atomic mass is 16.5. The van der Waals surface area contributed by atoms with Crippen LogP contribution in [0.25, 0.3) is 0 Å². The summed E-state index contributed by atoms with van der Waals surface area (Å²) in [5, 5.41) is 5.61. The SMILES string of the molecule is CN1C(=O)C(C)(C)COc2cc(NC(=O)NCc3ccccc3)ccc21. The first-order valence-corrected chi connectivity index (χ1v) is 8.50. The molecular weight excluding hydrogens is 330 g/mol. The Kier molecular flexibility index (Phi) is 4.84. The molecule has 26 heavy (non-hydrogen) atoms. The van der Waals surface area contributed by atoms with Gasteiger partial charge in [-0.25, -0.2) is 4.79 Å². The third-order valence-electron chi connectivity index (χ3n) is 4.35. The summed E-state index contributed by atoms with van der Waals surface area (Å²) in [6.07, 6.45) is 0. The Bertz CT molecular complexity index is 818. The van der Waals surface area contributed by atoms with Gasteiger partial charge in [0.1, 0.15) is 12.4 Å². The number of hydrogen-bond acceptors (Lipinski definition) is 3. The quantitative estimate of drug-likeness (QED) is 0.888. The Morgan fingerprint density at radius 1 is 1.19 bits per heavy atom. The fourth-order valence-electron chi connectivity index (χ4n) is 2.82. The summed E-state index contributed by atoms with van der Waals surface area (Å²) >= 11 is 0. The highest BCUT2D eigenvalue weighted by molar-refractivity contribution is 5.99. The molecule has 0 aliphatic carbocycles. The number of ether oxygens (including phenoxy) is 1. The molecule has 0 radical (unpaired) electrons. The summed E-state index contributed by atoms with van der Waals surface area (Å²) < 4.78 is 5.82. The van der Waals surface area contributed by atoms with E-state index in [1.54, 1.807) is 30.1 Å². The summed E-state index contributed by atoms with van der Waals surface area (Å²) in [6.45, 7) is 4.44. The Labute approximate surface area is 153 Å². The molecule has 1 heterocycles. The Morgan fingerprint density at radius 2 is 1.92 bits per heavy atom. The van der Waals surface area contributed by atoms with Crippen molar-refractivity contribution in [1.82, 2.24) is 5.32 Å². The Balaban J connectivity index is 1.68. The predicted molar refractivity (Wildman–Crippen MR) is 101 cm³/mol. The number of nitrogens with zero attached hydrogens (tertiary/aromatic N) is 1. The van der Waals surface area contributed by atoms with Gasteiger partial charge in [-0.05, 0) is 31.5 Å². The second-order valence-electron chi connectivity index (χ2n) is 7.01. The third kappa shape index (κ3) is 3.79. The molecule has 1 aliphatic rings. The van der Waals surface area contributed by atoms with Gasteiger partial charge in [-0.15, -0.1) is 0 Å². The number of fused-ring (bicyclic) bond motifs is 1. The minimum Gasteiger partial charge on any atom is -0.490 e. The largest absolute Gasteiger partial charge is 0.490 e. The van der Waals surface area contributed by atoms with E-state index in [-0.39, 0.29) is 18.5 Å². The summed E-state index contributed by atoms with van der Waals surface area (Å²) in [7, 11) is 1.73. The molecule has 0 spiro atoms. The van der Waals surface area contributed by atoms with Crippen LogP contribution in [-0.2, 0) is 11.3 Å². The third-order valence-corrected chi connectivity index (χ3v) is 4.35. The lowest BCUT2D eigenvalue weighted by Crippen LogP contribution is -2.39. The fourth-order valence-corrected chi connectivity index (χ4v) is 2.82. The molecular formula is C20H23N3O3. The van der Waals surface area contributed by atoms with E-state index in [0.717, 1.165) is 5.56 Å². The van der Waals surface area contributed by atoms with Crippen LogP contribution in [0.2, 0.25) is 0 Å². The van der Waals surface area contributed by atoms with Crippen molar-refractivity contribution >= 4 is 23.3 Å². The van der Waals surface area contributed by atoms with Gasteiger partial charge in [0.15, 0.2) is 0 Å². The second kappa shape index (κ2) is 7.07. The van der Waals surface area contributed by atoms with E-state index in [1.165, 1.54) is 0 Å². The molecule has 0 saturated carbocycles. The molecule has 2 aromatic carbocycles. The van der Waals surface area contributed by atoms with E-state index in [1.807, 2.05) is 44.2 Å². The lowest BCUT2D eigenvalue weighted by Gasteiger charge is -2.24. The van der Waals surface area contributed by atoms with Crippen molar-refractivity contribution in [3.63, 3.8) is 0 Å². The number of hydrogen-bond donors (Lipinski definition) is 2. The topological polar surface area (TPSA) is 70.7 Å². The number of carbonyl (C=O) groups is 2. The molecule has 0 fully saturated rings. The minimum absolute atomic E-state index is 0.00226. The summed E-state index contributed by atoms with van der Waals surface area (Å²) in [6, 6.07) is 14.7. The van der Waals surface area contributed by atoms with Crippen molar-refractivity contribution < 1.29 is 14.3 Å². The number of amides is 3. The average molecular weight is 353 g/mol. The van der Waals surface area contributed by atoms with Crippen LogP contribution in [-0.4, -0.2) is 25.6 Å². The van der Waals surface area contributed by atoms with Gasteiger partial charge < -0.3 is 20.3 Å². The average Bonchev–Trinajstić information content (AvgIpc) is 2.72. The molecule has 0 aromatic heterocycles. The van der Waals surface area contributed by atoms with Gasteiger partial charge in [-0.1, -0.05) is 30.3 Å². The first kappa shape index (κ1) is 17.8. The number of anilines is 2. The fraction of sp³-hybridized carbons (Fsp3) is 0.300. The van der Waals surface area contributed by atoms with E-state index in [2.05, 4.69) is 10.6 Å². The molecule has 6 heteroatoms. The van der Waals surface area contributed by atoms with E-state index >= 15 is 0 Å². The van der Waals surface area contributed by atoms with Crippen LogP contribution in [0.15, 0.2) is 48.5 Å². The van der Waals surface area contributed by atoms with Gasteiger partial charge in [-0.3, -0.25) is 4.79 Å². The zero-order chi connectivity index (χ0) is 18.7. The summed E-state index contributed by atoms with van der Waals surface area (Å²) in [4.78, 5) is 26.2. The molecule has 1 aliphatic heterocycles. The first-order chi connectivity index (χ1) is 12.4. The van der Waals surface area contributed by atoms with Gasteiger partial charge in [0.25, 0.3) is 0 Å². The maximum absolute atomic E-state index is 12.5. The molecule has 6 nitrogen and oxygen atoms in total. The van der Waals surface area contributed by atoms with E-state index in [4.69, 9.17) is 4.74 Å². The minimum atomic E-state index is -0.603. The van der Waals surface area contributed by atoms with Crippen LogP contribution in [0.3, 0.4) is 0 Å². The molecule has 0 bridgehead atoms. The number of nitrogens with one attached hydrogen (secondary N) is 2. The van der Waals surface area contributed by atoms with Crippen molar-refractivity contribution in [2.75, 3.05) is 23.9 Å². The molecule has 136 valence electrons. The highest BCUT2D eigenvalue weighted by Gasteiger charge is 2.36. The van der Waals surface area contributed by atoms with Crippen molar-refractivity contribution in [3.8, 4) is 5.75 Å². The standard InChI is InChI=1S/C20H23N3O3/c1-20(2)13-26-17-11-15(9-10-16(17)23(3)18(20)24)22-19(25)21-12-14-7-5-4-6-8-14/h4-11H,12-13H2,1-3H3,(H2,21,22,25). The lowest BCUT2D eigenvalue weighted by atomic mass is 9.93. The first-order valence-electron chi connectivity index (χ1n) is 8.50. The Hall–Kier alpha value is -3.02. The number of carbonyl (C=O) groups excluding carboxylic acids is 2. The van der Waals surface area contributed by atoms with Crippen molar-refractivity contribution in [3.05, 3.63) is 54.1 Å². The predicted octanol–water partition coefficient (Wildman–Crippen LogP) is 3.39. The number of rotatable bonds is 3. The Morgan fingerprint density at radius 3 is 2.65 bits per heavy atom. The van der Waals surface area contributed by atoms with Gasteiger partial charge in [0.2, 0.25) is 5.91 Å². The van der Waals surface area contributed by atoms with Gasteiger partial charge >= 0.3 is 6.03 Å². The van der Waals surface area contributed by atoms with E-state index < -0.39 is 5.41 Å². The van der Waals surface area contributed by atoms with E-state index in [9.17, 15) is 9.59 Å². The molecule has 3 rings (SSSR count).